The van der Waals surface area contributed by atoms with Crippen LogP contribution < -0.4 is 5.32 Å². The van der Waals surface area contributed by atoms with E-state index in [1.807, 2.05) is 65.3 Å². The van der Waals surface area contributed by atoms with Crippen LogP contribution in [0.3, 0.4) is 0 Å². The third-order valence-electron chi connectivity index (χ3n) is 3.49. The molecule has 5 heteroatoms. The number of hydrogen-bond acceptors (Lipinski definition) is 3. The molecule has 0 radical (unpaired) electrons. The van der Waals surface area contributed by atoms with E-state index in [1.165, 1.54) is 11.1 Å². The average molecular weight is 281 g/mol. The summed E-state index contributed by atoms with van der Waals surface area (Å²) in [6.45, 7) is 2.94. The van der Waals surface area contributed by atoms with Gasteiger partial charge in [-0.25, -0.2) is 4.68 Å². The van der Waals surface area contributed by atoms with E-state index in [1.54, 1.807) is 0 Å². The fraction of sp³-hybridized carbons (Fsp3) is 0.250. The van der Waals surface area contributed by atoms with Crippen LogP contribution in [0.25, 0.3) is 5.69 Å². The summed E-state index contributed by atoms with van der Waals surface area (Å²) in [5, 5.41) is 12.1. The smallest absolute Gasteiger partial charge is 0.0645 e. The van der Waals surface area contributed by atoms with Gasteiger partial charge in [0.2, 0.25) is 0 Å². The number of para-hydroxylation sites is 1. The van der Waals surface area contributed by atoms with Crippen molar-refractivity contribution < 1.29 is 0 Å². The Morgan fingerprint density at radius 3 is 2.62 bits per heavy atom. The van der Waals surface area contributed by atoms with Crippen LogP contribution in [-0.4, -0.2) is 19.6 Å². The molecule has 0 aliphatic carbocycles. The highest BCUT2D eigenvalue weighted by Gasteiger charge is 2.09. The van der Waals surface area contributed by atoms with Gasteiger partial charge in [0.25, 0.3) is 0 Å². The van der Waals surface area contributed by atoms with E-state index in [-0.39, 0.29) is 6.04 Å². The van der Waals surface area contributed by atoms with E-state index in [4.69, 9.17) is 0 Å². The van der Waals surface area contributed by atoms with Crippen LogP contribution in [0.1, 0.15) is 24.1 Å². The highest BCUT2D eigenvalue weighted by Crippen LogP contribution is 2.14. The van der Waals surface area contributed by atoms with Gasteiger partial charge in [-0.15, -0.1) is 0 Å². The second-order valence-corrected chi connectivity index (χ2v) is 5.18. The van der Waals surface area contributed by atoms with Gasteiger partial charge < -0.3 is 5.32 Å². The number of rotatable bonds is 5. The van der Waals surface area contributed by atoms with Gasteiger partial charge in [-0.2, -0.15) is 10.2 Å². The Hall–Kier alpha value is -2.40. The molecule has 0 saturated carbocycles. The maximum absolute atomic E-state index is 4.43. The van der Waals surface area contributed by atoms with E-state index in [2.05, 4.69) is 28.6 Å². The molecule has 5 nitrogen and oxygen atoms in total. The Morgan fingerprint density at radius 1 is 1.10 bits per heavy atom. The molecule has 1 N–H and O–H groups in total. The molecule has 2 aromatic heterocycles. The molecular formula is C16H19N5. The molecule has 1 unspecified atom stereocenters. The summed E-state index contributed by atoms with van der Waals surface area (Å²) < 4.78 is 3.71. The number of nitrogens with zero attached hydrogens (tertiary/aromatic N) is 4. The van der Waals surface area contributed by atoms with Crippen molar-refractivity contribution in [3.8, 4) is 5.69 Å². The molecule has 0 spiro atoms. The maximum atomic E-state index is 4.43. The summed E-state index contributed by atoms with van der Waals surface area (Å²) in [4.78, 5) is 0. The van der Waals surface area contributed by atoms with Crippen LogP contribution in [0.5, 0.6) is 0 Å². The summed E-state index contributed by atoms with van der Waals surface area (Å²) in [6, 6.07) is 10.4. The van der Waals surface area contributed by atoms with Crippen LogP contribution in [0.2, 0.25) is 0 Å². The first-order valence-corrected chi connectivity index (χ1v) is 7.03. The van der Waals surface area contributed by atoms with Crippen LogP contribution in [-0.2, 0) is 13.6 Å². The third kappa shape index (κ3) is 3.20. The molecule has 108 valence electrons. The second kappa shape index (κ2) is 5.93. The minimum atomic E-state index is 0.239. The molecule has 0 saturated heterocycles. The van der Waals surface area contributed by atoms with Gasteiger partial charge in [-0.05, 0) is 19.1 Å². The minimum absolute atomic E-state index is 0.239. The third-order valence-corrected chi connectivity index (χ3v) is 3.49. The molecule has 1 atom stereocenters. The summed E-state index contributed by atoms with van der Waals surface area (Å²) >= 11 is 0. The Kier molecular flexibility index (Phi) is 3.83. The lowest BCUT2D eigenvalue weighted by atomic mass is 10.2. The van der Waals surface area contributed by atoms with Crippen molar-refractivity contribution in [1.82, 2.24) is 24.9 Å². The predicted molar refractivity (Wildman–Crippen MR) is 82.0 cm³/mol. The largest absolute Gasteiger partial charge is 0.306 e. The number of hydrogen-bond donors (Lipinski definition) is 1. The van der Waals surface area contributed by atoms with Gasteiger partial charge >= 0.3 is 0 Å². The molecule has 0 bridgehead atoms. The zero-order valence-corrected chi connectivity index (χ0v) is 12.3. The van der Waals surface area contributed by atoms with Crippen LogP contribution in [0.4, 0.5) is 0 Å². The van der Waals surface area contributed by atoms with Crippen LogP contribution >= 0.6 is 0 Å². The van der Waals surface area contributed by atoms with E-state index in [0.29, 0.717) is 0 Å². The lowest BCUT2D eigenvalue weighted by Gasteiger charge is -2.10. The van der Waals surface area contributed by atoms with Crippen molar-refractivity contribution in [2.75, 3.05) is 0 Å². The Balaban J connectivity index is 1.65. The van der Waals surface area contributed by atoms with Gasteiger partial charge in [0.1, 0.15) is 0 Å². The zero-order valence-electron chi connectivity index (χ0n) is 12.3. The first-order valence-electron chi connectivity index (χ1n) is 7.03. The SMILES string of the molecule is CC(NCc1cnn(C)c1)c1cnn(-c2ccccc2)c1. The molecular weight excluding hydrogens is 262 g/mol. The van der Waals surface area contributed by atoms with Crippen LogP contribution in [0.15, 0.2) is 55.1 Å². The van der Waals surface area contributed by atoms with Crippen molar-refractivity contribution in [2.45, 2.75) is 19.5 Å². The highest BCUT2D eigenvalue weighted by atomic mass is 15.3. The molecule has 3 rings (SSSR count). The monoisotopic (exact) mass is 281 g/mol. The van der Waals surface area contributed by atoms with E-state index in [0.717, 1.165) is 12.2 Å². The Labute approximate surface area is 124 Å². The van der Waals surface area contributed by atoms with E-state index in [9.17, 15) is 0 Å². The van der Waals surface area contributed by atoms with Gasteiger partial charge in [-0.3, -0.25) is 4.68 Å². The van der Waals surface area contributed by atoms with Crippen molar-refractivity contribution >= 4 is 0 Å². The minimum Gasteiger partial charge on any atom is -0.306 e. The van der Waals surface area contributed by atoms with Gasteiger partial charge in [0.05, 0.1) is 18.1 Å². The van der Waals surface area contributed by atoms with Crippen molar-refractivity contribution in [1.29, 1.82) is 0 Å². The summed E-state index contributed by atoms with van der Waals surface area (Å²) in [6.07, 6.45) is 7.88. The molecule has 0 aliphatic heterocycles. The first kappa shape index (κ1) is 13.6. The predicted octanol–water partition coefficient (Wildman–Crippen LogP) is 2.46. The first-order chi connectivity index (χ1) is 10.2. The quantitative estimate of drug-likeness (QED) is 0.781. The molecule has 0 amide bonds. The average Bonchev–Trinajstić information content (AvgIpc) is 3.15. The van der Waals surface area contributed by atoms with Gasteiger partial charge in [0, 0.05) is 43.2 Å². The lowest BCUT2D eigenvalue weighted by molar-refractivity contribution is 0.574. The Morgan fingerprint density at radius 2 is 1.90 bits per heavy atom. The number of benzene rings is 1. The molecule has 2 heterocycles. The van der Waals surface area contributed by atoms with Gasteiger partial charge in [0.15, 0.2) is 0 Å². The molecule has 3 aromatic rings. The lowest BCUT2D eigenvalue weighted by Crippen LogP contribution is -2.17. The molecule has 0 fully saturated rings. The van der Waals surface area contributed by atoms with Crippen molar-refractivity contribution in [3.63, 3.8) is 0 Å². The fourth-order valence-electron chi connectivity index (χ4n) is 2.23. The molecule has 0 aliphatic rings. The van der Waals surface area contributed by atoms with E-state index < -0.39 is 0 Å². The summed E-state index contributed by atoms with van der Waals surface area (Å²) in [7, 11) is 1.93. The second-order valence-electron chi connectivity index (χ2n) is 5.18. The van der Waals surface area contributed by atoms with E-state index >= 15 is 0 Å². The number of nitrogens with one attached hydrogen (secondary N) is 1. The molecule has 1 aromatic carbocycles. The zero-order chi connectivity index (χ0) is 14.7. The highest BCUT2D eigenvalue weighted by molar-refractivity contribution is 5.31. The summed E-state index contributed by atoms with van der Waals surface area (Å²) in [5.74, 6) is 0. The fourth-order valence-corrected chi connectivity index (χ4v) is 2.23. The number of aryl methyl sites for hydroxylation is 1. The standard InChI is InChI=1S/C16H19N5/c1-13(17-8-14-9-18-20(2)11-14)15-10-19-21(12-15)16-6-4-3-5-7-16/h3-7,9-13,17H,8H2,1-2H3. The Bertz CT molecular complexity index is 698. The van der Waals surface area contributed by atoms with Crippen molar-refractivity contribution in [2.24, 2.45) is 7.05 Å². The molecule has 21 heavy (non-hydrogen) atoms. The number of aromatic nitrogens is 4. The van der Waals surface area contributed by atoms with Gasteiger partial charge in [-0.1, -0.05) is 18.2 Å². The topological polar surface area (TPSA) is 47.7 Å². The summed E-state index contributed by atoms with van der Waals surface area (Å²) in [5.41, 5.74) is 3.42. The normalized spacial score (nSPS) is 12.5. The van der Waals surface area contributed by atoms with Crippen molar-refractivity contribution in [3.05, 3.63) is 66.2 Å². The van der Waals surface area contributed by atoms with Crippen LogP contribution in [0, 0.1) is 0 Å². The maximum Gasteiger partial charge on any atom is 0.0645 e.